The number of furan rings is 1. The van der Waals surface area contributed by atoms with E-state index in [4.69, 9.17) is 27.6 Å². The molecule has 0 radical (unpaired) electrons. The van der Waals surface area contributed by atoms with Crippen LogP contribution >= 0.6 is 23.2 Å². The molecule has 0 aliphatic rings. The Kier molecular flexibility index (Phi) is 5.98. The zero-order chi connectivity index (χ0) is 21.0. The number of hydrogen-bond donors (Lipinski definition) is 1. The first-order valence-corrected chi connectivity index (χ1v) is 8.86. The summed E-state index contributed by atoms with van der Waals surface area (Å²) in [5.74, 6) is -0.0445. The van der Waals surface area contributed by atoms with E-state index < -0.39 is 10.8 Å². The van der Waals surface area contributed by atoms with Crippen LogP contribution in [0, 0.1) is 21.4 Å². The average Bonchev–Trinajstić information content (AvgIpc) is 3.14. The van der Waals surface area contributed by atoms with Gasteiger partial charge in [0.1, 0.15) is 23.2 Å². The number of non-ortho nitro benzene ring substituents is 1. The van der Waals surface area contributed by atoms with Crippen LogP contribution in [0.5, 0.6) is 0 Å². The molecule has 1 N–H and O–H groups in total. The lowest BCUT2D eigenvalue weighted by Gasteiger charge is -2.04. The van der Waals surface area contributed by atoms with Gasteiger partial charge in [-0.05, 0) is 36.4 Å². The van der Waals surface area contributed by atoms with Crippen LogP contribution in [-0.4, -0.2) is 10.8 Å². The van der Waals surface area contributed by atoms with E-state index in [1.54, 1.807) is 36.4 Å². The summed E-state index contributed by atoms with van der Waals surface area (Å²) in [6.07, 6.45) is 1.28. The summed E-state index contributed by atoms with van der Waals surface area (Å²) in [6, 6.07) is 15.5. The monoisotopic (exact) mass is 427 g/mol. The minimum absolute atomic E-state index is 0.142. The quantitative estimate of drug-likeness (QED) is 0.242. The molecule has 29 heavy (non-hydrogen) atoms. The lowest BCUT2D eigenvalue weighted by atomic mass is 10.1. The van der Waals surface area contributed by atoms with Crippen molar-refractivity contribution in [2.24, 2.45) is 0 Å². The van der Waals surface area contributed by atoms with E-state index in [-0.39, 0.29) is 22.0 Å². The maximum atomic E-state index is 12.3. The number of carbonyl (C=O) groups excluding carboxylic acids is 1. The van der Waals surface area contributed by atoms with Gasteiger partial charge < -0.3 is 9.73 Å². The van der Waals surface area contributed by atoms with Gasteiger partial charge in [-0.15, -0.1) is 0 Å². The van der Waals surface area contributed by atoms with Crippen LogP contribution in [0.1, 0.15) is 5.76 Å². The van der Waals surface area contributed by atoms with Gasteiger partial charge in [-0.25, -0.2) is 0 Å². The molecule has 0 fully saturated rings. The van der Waals surface area contributed by atoms with Crippen LogP contribution < -0.4 is 5.32 Å². The first kappa shape index (κ1) is 20.1. The maximum Gasteiger partial charge on any atom is 0.270 e. The predicted octanol–water partition coefficient (Wildman–Crippen LogP) is 5.71. The molecule has 0 spiro atoms. The molecule has 144 valence electrons. The molecule has 0 saturated heterocycles. The first-order valence-electron chi connectivity index (χ1n) is 8.10. The second-order valence-corrected chi connectivity index (χ2v) is 6.60. The summed E-state index contributed by atoms with van der Waals surface area (Å²) >= 11 is 12.0. The molecule has 2 aromatic carbocycles. The number of anilines is 1. The van der Waals surface area contributed by atoms with Crippen molar-refractivity contribution in [1.82, 2.24) is 0 Å². The molecular formula is C20H11Cl2N3O4. The topological polar surface area (TPSA) is 109 Å². The first-order chi connectivity index (χ1) is 13.9. The van der Waals surface area contributed by atoms with Crippen LogP contribution in [-0.2, 0) is 4.79 Å². The normalized spacial score (nSPS) is 11.0. The van der Waals surface area contributed by atoms with E-state index >= 15 is 0 Å². The number of nitriles is 1. The van der Waals surface area contributed by atoms with E-state index in [2.05, 4.69) is 5.32 Å². The summed E-state index contributed by atoms with van der Waals surface area (Å²) in [5, 5.41) is 23.3. The minimum Gasteiger partial charge on any atom is -0.457 e. The summed E-state index contributed by atoms with van der Waals surface area (Å²) in [4.78, 5) is 22.6. The maximum absolute atomic E-state index is 12.3. The Labute approximate surface area is 174 Å². The van der Waals surface area contributed by atoms with Crippen molar-refractivity contribution in [2.45, 2.75) is 0 Å². The molecule has 0 atom stereocenters. The summed E-state index contributed by atoms with van der Waals surface area (Å²) in [5.41, 5.74) is 0.566. The van der Waals surface area contributed by atoms with Crippen LogP contribution in [0.3, 0.4) is 0 Å². The Bertz CT molecular complexity index is 1180. The van der Waals surface area contributed by atoms with Crippen LogP contribution in [0.4, 0.5) is 11.4 Å². The number of hydrogen-bond acceptors (Lipinski definition) is 5. The number of nitrogens with one attached hydrogen (secondary N) is 1. The molecule has 0 aliphatic carbocycles. The number of rotatable bonds is 5. The summed E-state index contributed by atoms with van der Waals surface area (Å²) in [6.45, 7) is 0. The smallest absolute Gasteiger partial charge is 0.270 e. The standard InChI is InChI=1S/C20H11Cl2N3O4/c21-13-2-1-3-14(9-13)24-20(26)12(11-23)8-16-5-7-19(29-16)17-6-4-15(25(27)28)10-18(17)22/h1-10H,(H,24,26)/b12-8+. The third-order valence-corrected chi connectivity index (χ3v) is 4.34. The van der Waals surface area contributed by atoms with E-state index in [0.717, 1.165) is 0 Å². The van der Waals surface area contributed by atoms with Crippen LogP contribution in [0.25, 0.3) is 17.4 Å². The highest BCUT2D eigenvalue weighted by molar-refractivity contribution is 6.33. The van der Waals surface area contributed by atoms with Crippen molar-refractivity contribution < 1.29 is 14.1 Å². The zero-order valence-electron chi connectivity index (χ0n) is 14.6. The van der Waals surface area contributed by atoms with Crippen LogP contribution in [0.2, 0.25) is 10.0 Å². The largest absolute Gasteiger partial charge is 0.457 e. The third kappa shape index (κ3) is 4.82. The average molecular weight is 428 g/mol. The Morgan fingerprint density at radius 2 is 1.97 bits per heavy atom. The van der Waals surface area contributed by atoms with Gasteiger partial charge in [0.15, 0.2) is 0 Å². The fraction of sp³-hybridized carbons (Fsp3) is 0. The van der Waals surface area contributed by atoms with Gasteiger partial charge >= 0.3 is 0 Å². The van der Waals surface area contributed by atoms with Gasteiger partial charge in [-0.3, -0.25) is 14.9 Å². The molecule has 3 rings (SSSR count). The Morgan fingerprint density at radius 1 is 1.17 bits per heavy atom. The summed E-state index contributed by atoms with van der Waals surface area (Å²) < 4.78 is 5.62. The number of nitro benzene ring substituents is 1. The molecule has 1 heterocycles. The second-order valence-electron chi connectivity index (χ2n) is 5.76. The zero-order valence-corrected chi connectivity index (χ0v) is 16.1. The molecule has 1 amide bonds. The number of carbonyl (C=O) groups is 1. The number of amides is 1. The number of benzene rings is 2. The van der Waals surface area contributed by atoms with Gasteiger partial charge in [-0.2, -0.15) is 5.26 Å². The number of halogens is 2. The lowest BCUT2D eigenvalue weighted by molar-refractivity contribution is -0.384. The fourth-order valence-corrected chi connectivity index (χ4v) is 2.91. The Balaban J connectivity index is 1.83. The molecule has 7 nitrogen and oxygen atoms in total. The highest BCUT2D eigenvalue weighted by Crippen LogP contribution is 2.32. The van der Waals surface area contributed by atoms with Gasteiger partial charge in [0.2, 0.25) is 0 Å². The van der Waals surface area contributed by atoms with Gasteiger partial charge in [0.25, 0.3) is 11.6 Å². The molecule has 0 aliphatic heterocycles. The van der Waals surface area contributed by atoms with E-state index in [0.29, 0.717) is 22.0 Å². The second kappa shape index (κ2) is 8.61. The van der Waals surface area contributed by atoms with Gasteiger partial charge in [0.05, 0.1) is 9.95 Å². The van der Waals surface area contributed by atoms with Crippen molar-refractivity contribution in [3.8, 4) is 17.4 Å². The highest BCUT2D eigenvalue weighted by Gasteiger charge is 2.15. The molecule has 3 aromatic rings. The molecular weight excluding hydrogens is 417 g/mol. The fourth-order valence-electron chi connectivity index (χ4n) is 2.45. The van der Waals surface area contributed by atoms with Crippen LogP contribution in [0.15, 0.2) is 64.6 Å². The number of nitrogens with zero attached hydrogens (tertiary/aromatic N) is 2. The van der Waals surface area contributed by atoms with E-state index in [1.165, 1.54) is 24.3 Å². The van der Waals surface area contributed by atoms with Gasteiger partial charge in [0, 0.05) is 34.5 Å². The molecule has 0 bridgehead atoms. The Morgan fingerprint density at radius 3 is 2.62 bits per heavy atom. The minimum atomic E-state index is -0.624. The molecule has 0 unspecified atom stereocenters. The molecule has 1 aromatic heterocycles. The highest BCUT2D eigenvalue weighted by atomic mass is 35.5. The van der Waals surface area contributed by atoms with E-state index in [1.807, 2.05) is 6.07 Å². The third-order valence-electron chi connectivity index (χ3n) is 3.79. The SMILES string of the molecule is N#C/C(=C\c1ccc(-c2ccc([N+](=O)[O-])cc2Cl)o1)C(=O)Nc1cccc(Cl)c1. The van der Waals surface area contributed by atoms with Crippen molar-refractivity contribution in [3.63, 3.8) is 0 Å². The number of nitro groups is 1. The van der Waals surface area contributed by atoms with Crippen molar-refractivity contribution >= 4 is 46.6 Å². The van der Waals surface area contributed by atoms with Crippen molar-refractivity contribution in [1.29, 1.82) is 5.26 Å². The Hall–Kier alpha value is -3.60. The van der Waals surface area contributed by atoms with Crippen molar-refractivity contribution in [3.05, 3.63) is 86.1 Å². The van der Waals surface area contributed by atoms with Gasteiger partial charge in [-0.1, -0.05) is 29.3 Å². The lowest BCUT2D eigenvalue weighted by Crippen LogP contribution is -2.13. The molecule has 9 heteroatoms. The summed E-state index contributed by atoms with van der Waals surface area (Å²) in [7, 11) is 0. The predicted molar refractivity (Wildman–Crippen MR) is 109 cm³/mol. The molecule has 0 saturated carbocycles. The van der Waals surface area contributed by atoms with Crippen molar-refractivity contribution in [2.75, 3.05) is 5.32 Å². The van der Waals surface area contributed by atoms with E-state index in [9.17, 15) is 20.2 Å².